The lowest BCUT2D eigenvalue weighted by molar-refractivity contribution is 0.590. The molecule has 11 rings (SSSR count). The highest BCUT2D eigenvalue weighted by Gasteiger charge is 2.30. The van der Waals surface area contributed by atoms with Crippen LogP contribution in [-0.4, -0.2) is 16.8 Å². The summed E-state index contributed by atoms with van der Waals surface area (Å²) in [5, 5.41) is 8.69. The summed E-state index contributed by atoms with van der Waals surface area (Å²) < 4.78 is 8.98. The zero-order valence-electron chi connectivity index (χ0n) is 31.5. The van der Waals surface area contributed by atoms with Gasteiger partial charge < -0.3 is 14.3 Å². The van der Waals surface area contributed by atoms with Crippen LogP contribution in [0.2, 0.25) is 0 Å². The number of para-hydroxylation sites is 1. The van der Waals surface area contributed by atoms with Gasteiger partial charge in [-0.15, -0.1) is 0 Å². The van der Waals surface area contributed by atoms with E-state index in [9.17, 15) is 0 Å². The second-order valence-corrected chi connectivity index (χ2v) is 15.9. The van der Waals surface area contributed by atoms with E-state index in [1.807, 2.05) is 30.3 Å². The van der Waals surface area contributed by atoms with Gasteiger partial charge in [0.15, 0.2) is 12.9 Å². The van der Waals surface area contributed by atoms with E-state index in [4.69, 9.17) is 9.40 Å². The molecule has 1 radical (unpaired) electrons. The van der Waals surface area contributed by atoms with Gasteiger partial charge in [-0.05, 0) is 98.5 Å². The number of hydrogen-bond donors (Lipinski definition) is 1. The van der Waals surface area contributed by atoms with Crippen LogP contribution in [0.4, 0.5) is 11.4 Å². The first-order valence-electron chi connectivity index (χ1n) is 19.3. The molecule has 265 valence electrons. The van der Waals surface area contributed by atoms with Crippen molar-refractivity contribution in [1.82, 2.24) is 9.55 Å². The van der Waals surface area contributed by atoms with Crippen LogP contribution < -0.4 is 16.2 Å². The van der Waals surface area contributed by atoms with E-state index in [0.29, 0.717) is 5.89 Å². The first-order valence-corrected chi connectivity index (χ1v) is 19.3. The molecule has 0 aliphatic carbocycles. The predicted molar refractivity (Wildman–Crippen MR) is 236 cm³/mol. The Hall–Kier alpha value is -6.85. The van der Waals surface area contributed by atoms with Gasteiger partial charge in [0.1, 0.15) is 5.52 Å². The minimum absolute atomic E-state index is 0.0828. The Labute approximate surface area is 326 Å². The third-order valence-electron chi connectivity index (χ3n) is 11.4. The minimum atomic E-state index is 0.0828. The molecule has 0 saturated carbocycles. The van der Waals surface area contributed by atoms with Crippen molar-refractivity contribution in [3.63, 3.8) is 0 Å². The van der Waals surface area contributed by atoms with Gasteiger partial charge in [0.05, 0.1) is 5.52 Å². The summed E-state index contributed by atoms with van der Waals surface area (Å²) >= 11 is 0. The van der Waals surface area contributed by atoms with Crippen LogP contribution >= 0.6 is 0 Å². The van der Waals surface area contributed by atoms with Crippen molar-refractivity contribution >= 4 is 73.3 Å². The maximum Gasteiger partial charge on any atom is 0.227 e. The number of aromatic nitrogens is 2. The van der Waals surface area contributed by atoms with E-state index in [0.717, 1.165) is 55.8 Å². The molecular weight excluding hydrogens is 681 g/mol. The molecule has 8 aromatic carbocycles. The average molecular weight is 719 g/mol. The van der Waals surface area contributed by atoms with Crippen molar-refractivity contribution in [2.24, 2.45) is 0 Å². The lowest BCUT2D eigenvalue weighted by Crippen LogP contribution is -2.37. The van der Waals surface area contributed by atoms with Gasteiger partial charge >= 0.3 is 0 Å². The zero-order valence-corrected chi connectivity index (χ0v) is 31.5. The number of benzene rings is 8. The summed E-state index contributed by atoms with van der Waals surface area (Å²) in [6, 6.07) is 58.7. The van der Waals surface area contributed by atoms with E-state index in [1.165, 1.54) is 49.2 Å². The van der Waals surface area contributed by atoms with E-state index in [1.54, 1.807) is 0 Å². The number of hydrogen-bond acceptors (Lipinski definition) is 3. The molecule has 0 spiro atoms. The van der Waals surface area contributed by atoms with Gasteiger partial charge in [0.2, 0.25) is 5.89 Å². The van der Waals surface area contributed by atoms with E-state index in [-0.39, 0.29) is 5.41 Å². The fourth-order valence-corrected chi connectivity index (χ4v) is 8.57. The van der Waals surface area contributed by atoms with Crippen LogP contribution in [0.5, 0.6) is 0 Å². The van der Waals surface area contributed by atoms with Crippen LogP contribution in [0.3, 0.4) is 0 Å². The minimum Gasteiger partial charge on any atom is -0.436 e. The van der Waals surface area contributed by atoms with Gasteiger partial charge in [-0.1, -0.05) is 129 Å². The van der Waals surface area contributed by atoms with Crippen molar-refractivity contribution in [1.29, 1.82) is 0 Å². The first-order chi connectivity index (χ1) is 27.4. The zero-order chi connectivity index (χ0) is 37.5. The van der Waals surface area contributed by atoms with Gasteiger partial charge in [0.25, 0.3) is 0 Å². The average Bonchev–Trinajstić information content (AvgIpc) is 3.80. The van der Waals surface area contributed by atoms with Gasteiger partial charge in [-0.25, -0.2) is 4.98 Å². The highest BCUT2D eigenvalue weighted by molar-refractivity contribution is 6.74. The largest absolute Gasteiger partial charge is 0.436 e. The number of oxazole rings is 1. The molecule has 1 N–H and O–H groups in total. The number of fused-ring (bicyclic) bond motifs is 7. The molecule has 10 aromatic rings. The molecule has 1 aliphatic heterocycles. The molecular formula is C51H37BN3O. The molecule has 0 saturated heterocycles. The molecule has 5 heteroatoms. The number of nitrogens with one attached hydrogen (secondary N) is 1. The Morgan fingerprint density at radius 1 is 0.625 bits per heavy atom. The molecule has 4 nitrogen and oxygen atoms in total. The lowest BCUT2D eigenvalue weighted by Gasteiger charge is -2.25. The number of rotatable bonds is 5. The highest BCUT2D eigenvalue weighted by Crippen LogP contribution is 2.44. The Kier molecular flexibility index (Phi) is 7.18. The third-order valence-corrected chi connectivity index (χ3v) is 11.4. The fourth-order valence-electron chi connectivity index (χ4n) is 8.57. The van der Waals surface area contributed by atoms with Gasteiger partial charge in [0, 0.05) is 50.5 Å². The Balaban J connectivity index is 1.21. The molecule has 0 fully saturated rings. The Morgan fingerprint density at radius 3 is 2.05 bits per heavy atom. The molecule has 0 amide bonds. The lowest BCUT2D eigenvalue weighted by atomic mass is 9.58. The molecule has 3 heterocycles. The molecule has 1 aliphatic rings. The maximum absolute atomic E-state index is 6.50. The van der Waals surface area contributed by atoms with Gasteiger partial charge in [-0.2, -0.15) is 0 Å². The quantitative estimate of drug-likeness (QED) is 0.180. The van der Waals surface area contributed by atoms with Crippen molar-refractivity contribution in [2.45, 2.75) is 26.2 Å². The summed E-state index contributed by atoms with van der Waals surface area (Å²) in [5.41, 5.74) is 16.4. The van der Waals surface area contributed by atoms with E-state index >= 15 is 0 Å². The second-order valence-electron chi connectivity index (χ2n) is 15.9. The standard InChI is InChI=1S/C51H37BN3O/c1-51(2,3)35-22-24-36(25-23-35)53-42-21-13-12-20-37(42)39-28-38(31-14-6-4-7-15-31)47-40-26-33-18-10-11-19-34(33)27-44(40)55-45-30-46-43(29-41(45)52-48(39)49(47)55)54-50(56-46)32-16-8-5-9-17-32/h4-30,53H,1-3H3. The Morgan fingerprint density at radius 2 is 1.30 bits per heavy atom. The summed E-state index contributed by atoms with van der Waals surface area (Å²) in [7, 11) is 2.37. The van der Waals surface area contributed by atoms with Crippen LogP contribution in [0.1, 0.15) is 26.3 Å². The first kappa shape index (κ1) is 32.6. The summed E-state index contributed by atoms with van der Waals surface area (Å²) in [4.78, 5) is 5.00. The predicted octanol–water partition coefficient (Wildman–Crippen LogP) is 12.1. The molecule has 56 heavy (non-hydrogen) atoms. The number of anilines is 2. The van der Waals surface area contributed by atoms with E-state index < -0.39 is 0 Å². The fraction of sp³-hybridized carbons (Fsp3) is 0.0784. The SMILES string of the molecule is CC(C)(C)c1ccc(Nc2ccccc2-c2cc(-c3ccccc3)c3c4cc5ccccc5cc4n4c3c2[B]c2cc3nc(-c5ccccc5)oc3cc2-4)cc1. The summed E-state index contributed by atoms with van der Waals surface area (Å²) in [5.74, 6) is 0.622. The smallest absolute Gasteiger partial charge is 0.227 e. The van der Waals surface area contributed by atoms with Crippen molar-refractivity contribution < 1.29 is 4.42 Å². The van der Waals surface area contributed by atoms with Crippen molar-refractivity contribution in [3.05, 3.63) is 169 Å². The van der Waals surface area contributed by atoms with Crippen LogP contribution in [0, 0.1) is 0 Å². The molecule has 0 atom stereocenters. The normalized spacial score (nSPS) is 12.3. The van der Waals surface area contributed by atoms with Crippen LogP contribution in [0.15, 0.2) is 168 Å². The monoisotopic (exact) mass is 718 g/mol. The van der Waals surface area contributed by atoms with Crippen molar-refractivity contribution in [3.8, 4) is 39.4 Å². The molecule has 0 bridgehead atoms. The highest BCUT2D eigenvalue weighted by atomic mass is 16.3. The molecule has 0 unspecified atom stereocenters. The Bertz CT molecular complexity index is 3150. The van der Waals surface area contributed by atoms with Crippen LogP contribution in [-0.2, 0) is 5.41 Å². The topological polar surface area (TPSA) is 43.0 Å². The maximum atomic E-state index is 6.50. The summed E-state index contributed by atoms with van der Waals surface area (Å²) in [6.07, 6.45) is 0. The van der Waals surface area contributed by atoms with Crippen molar-refractivity contribution in [2.75, 3.05) is 5.32 Å². The van der Waals surface area contributed by atoms with Crippen LogP contribution in [0.25, 0.3) is 83.1 Å². The van der Waals surface area contributed by atoms with Gasteiger partial charge in [-0.3, -0.25) is 0 Å². The number of nitrogens with zero attached hydrogens (tertiary/aromatic N) is 2. The third kappa shape index (κ3) is 5.19. The second kappa shape index (κ2) is 12.3. The summed E-state index contributed by atoms with van der Waals surface area (Å²) in [6.45, 7) is 6.76. The molecule has 2 aromatic heterocycles. The van der Waals surface area contributed by atoms with E-state index in [2.05, 4.69) is 171 Å².